The monoisotopic (exact) mass is 344 g/mol. The Hall–Kier alpha value is -3.42. The van der Waals surface area contributed by atoms with E-state index in [1.165, 1.54) is 42.7 Å². The van der Waals surface area contributed by atoms with Crippen molar-refractivity contribution in [3.8, 4) is 0 Å². The predicted molar refractivity (Wildman–Crippen MR) is 86.0 cm³/mol. The molecule has 0 saturated heterocycles. The van der Waals surface area contributed by atoms with Crippen LogP contribution in [0.1, 0.15) is 10.4 Å². The molecule has 0 aliphatic rings. The maximum Gasteiger partial charge on any atom is 0.258 e. The van der Waals surface area contributed by atoms with E-state index < -0.39 is 23.4 Å². The molecule has 0 bridgehead atoms. The maximum absolute atomic E-state index is 13.6. The molecule has 1 heterocycles. The number of rotatable bonds is 4. The van der Waals surface area contributed by atoms with Crippen LogP contribution >= 0.6 is 0 Å². The summed E-state index contributed by atoms with van der Waals surface area (Å²) in [5.41, 5.74) is 0.585. The molecule has 3 aromatic rings. The highest BCUT2D eigenvalue weighted by atomic mass is 19.1. The minimum atomic E-state index is -0.790. The van der Waals surface area contributed by atoms with Crippen LogP contribution < -0.4 is 10.6 Å². The normalized spacial score (nSPS) is 10.4. The van der Waals surface area contributed by atoms with Gasteiger partial charge in [-0.1, -0.05) is 0 Å². The summed E-state index contributed by atoms with van der Waals surface area (Å²) < 4.78 is 39.3. The van der Waals surface area contributed by atoms with Crippen molar-refractivity contribution in [2.75, 3.05) is 10.6 Å². The first-order chi connectivity index (χ1) is 12.0. The molecule has 0 aliphatic carbocycles. The van der Waals surface area contributed by atoms with Gasteiger partial charge in [0.05, 0.1) is 11.3 Å². The van der Waals surface area contributed by atoms with Crippen molar-refractivity contribution in [2.45, 2.75) is 0 Å². The first-order valence-corrected chi connectivity index (χ1v) is 7.12. The van der Waals surface area contributed by atoms with E-state index in [-0.39, 0.29) is 17.2 Å². The van der Waals surface area contributed by atoms with E-state index in [1.807, 2.05) is 0 Å². The zero-order chi connectivity index (χ0) is 17.8. The summed E-state index contributed by atoms with van der Waals surface area (Å²) >= 11 is 0. The number of carbonyl (C=O) groups excluding carboxylic acids is 1. The van der Waals surface area contributed by atoms with E-state index in [1.54, 1.807) is 0 Å². The molecule has 1 aromatic heterocycles. The largest absolute Gasteiger partial charge is 0.322 e. The molecule has 0 spiro atoms. The van der Waals surface area contributed by atoms with Crippen LogP contribution in [0, 0.1) is 17.5 Å². The van der Waals surface area contributed by atoms with Gasteiger partial charge in [-0.2, -0.15) is 0 Å². The summed E-state index contributed by atoms with van der Waals surface area (Å²) in [6, 6.07) is 8.31. The highest BCUT2D eigenvalue weighted by Gasteiger charge is 2.09. The second-order valence-electron chi connectivity index (χ2n) is 5.01. The molecule has 3 rings (SSSR count). The zero-order valence-corrected chi connectivity index (χ0v) is 12.6. The van der Waals surface area contributed by atoms with Crippen molar-refractivity contribution in [1.82, 2.24) is 9.97 Å². The Kier molecular flexibility index (Phi) is 4.60. The van der Waals surface area contributed by atoms with Crippen LogP contribution in [-0.4, -0.2) is 15.9 Å². The predicted octanol–water partition coefficient (Wildman–Crippen LogP) is 3.89. The molecule has 2 N–H and O–H groups in total. The number of benzene rings is 2. The summed E-state index contributed by atoms with van der Waals surface area (Å²) in [5.74, 6) is -2.33. The molecular weight excluding hydrogens is 333 g/mol. The van der Waals surface area contributed by atoms with Crippen LogP contribution in [-0.2, 0) is 0 Å². The van der Waals surface area contributed by atoms with Gasteiger partial charge in [-0.05, 0) is 36.4 Å². The SMILES string of the molecule is O=C(Nc1ccc(F)cc1)c1cnc(Nc2ccc(F)cc2F)nc1. The van der Waals surface area contributed by atoms with Crippen LogP contribution in [0.25, 0.3) is 0 Å². The lowest BCUT2D eigenvalue weighted by atomic mass is 10.2. The highest BCUT2D eigenvalue weighted by molar-refractivity contribution is 6.03. The van der Waals surface area contributed by atoms with Crippen molar-refractivity contribution in [1.29, 1.82) is 0 Å². The lowest BCUT2D eigenvalue weighted by molar-refractivity contribution is 0.102. The lowest BCUT2D eigenvalue weighted by Gasteiger charge is -2.07. The fourth-order valence-corrected chi connectivity index (χ4v) is 1.96. The van der Waals surface area contributed by atoms with E-state index in [4.69, 9.17) is 0 Å². The van der Waals surface area contributed by atoms with Crippen molar-refractivity contribution >= 4 is 23.2 Å². The third-order valence-corrected chi connectivity index (χ3v) is 3.19. The molecule has 1 amide bonds. The molecule has 8 heteroatoms. The third kappa shape index (κ3) is 4.11. The number of halogens is 3. The summed E-state index contributed by atoms with van der Waals surface area (Å²) in [5, 5.41) is 5.15. The van der Waals surface area contributed by atoms with Gasteiger partial charge >= 0.3 is 0 Å². The summed E-state index contributed by atoms with van der Waals surface area (Å²) in [6.07, 6.45) is 2.49. The standard InChI is InChI=1S/C17H11F3N4O/c18-11-1-4-13(5-2-11)23-16(25)10-8-21-17(22-9-10)24-15-6-3-12(19)7-14(15)20/h1-9H,(H,23,25)(H,21,22,24). The van der Waals surface area contributed by atoms with Gasteiger partial charge in [0, 0.05) is 24.1 Å². The minimum Gasteiger partial charge on any atom is -0.322 e. The maximum atomic E-state index is 13.6. The number of nitrogens with zero attached hydrogens (tertiary/aromatic N) is 2. The molecule has 0 unspecified atom stereocenters. The van der Waals surface area contributed by atoms with Gasteiger partial charge in [-0.25, -0.2) is 23.1 Å². The van der Waals surface area contributed by atoms with Gasteiger partial charge in [-0.3, -0.25) is 4.79 Å². The van der Waals surface area contributed by atoms with Gasteiger partial charge in [0.25, 0.3) is 5.91 Å². The summed E-state index contributed by atoms with van der Waals surface area (Å²) in [4.78, 5) is 19.9. The van der Waals surface area contributed by atoms with Crippen molar-refractivity contribution in [3.05, 3.63) is 77.9 Å². The van der Waals surface area contributed by atoms with Gasteiger partial charge in [0.1, 0.15) is 17.5 Å². The summed E-state index contributed by atoms with van der Waals surface area (Å²) in [7, 11) is 0. The lowest BCUT2D eigenvalue weighted by Crippen LogP contribution is -2.13. The average Bonchev–Trinajstić information content (AvgIpc) is 2.60. The minimum absolute atomic E-state index is 0.00455. The first kappa shape index (κ1) is 16.4. The number of hydrogen-bond acceptors (Lipinski definition) is 4. The zero-order valence-electron chi connectivity index (χ0n) is 12.6. The average molecular weight is 344 g/mol. The molecule has 2 aromatic carbocycles. The molecular formula is C17H11F3N4O. The molecule has 0 radical (unpaired) electrons. The van der Waals surface area contributed by atoms with Crippen LogP contribution in [0.4, 0.5) is 30.5 Å². The molecule has 126 valence electrons. The van der Waals surface area contributed by atoms with Crippen molar-refractivity contribution in [2.24, 2.45) is 0 Å². The number of anilines is 3. The first-order valence-electron chi connectivity index (χ1n) is 7.12. The number of carbonyl (C=O) groups is 1. The van der Waals surface area contributed by atoms with E-state index in [0.717, 1.165) is 12.1 Å². The molecule has 0 fully saturated rings. The van der Waals surface area contributed by atoms with E-state index >= 15 is 0 Å². The molecule has 0 atom stereocenters. The second kappa shape index (κ2) is 7.00. The fraction of sp³-hybridized carbons (Fsp3) is 0. The molecule has 25 heavy (non-hydrogen) atoms. The second-order valence-corrected chi connectivity index (χ2v) is 5.01. The number of nitrogens with one attached hydrogen (secondary N) is 2. The number of amides is 1. The Morgan fingerprint density at radius 2 is 1.52 bits per heavy atom. The van der Waals surface area contributed by atoms with Gasteiger partial charge in [-0.15, -0.1) is 0 Å². The van der Waals surface area contributed by atoms with Crippen molar-refractivity contribution < 1.29 is 18.0 Å². The highest BCUT2D eigenvalue weighted by Crippen LogP contribution is 2.18. The smallest absolute Gasteiger partial charge is 0.258 e. The fourth-order valence-electron chi connectivity index (χ4n) is 1.96. The van der Waals surface area contributed by atoms with E-state index in [9.17, 15) is 18.0 Å². The Balaban J connectivity index is 1.69. The van der Waals surface area contributed by atoms with Crippen LogP contribution in [0.15, 0.2) is 54.9 Å². The third-order valence-electron chi connectivity index (χ3n) is 3.19. The van der Waals surface area contributed by atoms with E-state index in [2.05, 4.69) is 20.6 Å². The topological polar surface area (TPSA) is 66.9 Å². The number of hydrogen-bond donors (Lipinski definition) is 2. The quantitative estimate of drug-likeness (QED) is 0.753. The summed E-state index contributed by atoms with van der Waals surface area (Å²) in [6.45, 7) is 0. The molecule has 0 aliphatic heterocycles. The molecule has 5 nitrogen and oxygen atoms in total. The Labute approximate surface area is 140 Å². The Morgan fingerprint density at radius 1 is 0.880 bits per heavy atom. The number of aromatic nitrogens is 2. The Morgan fingerprint density at radius 3 is 2.16 bits per heavy atom. The van der Waals surface area contributed by atoms with Crippen LogP contribution in [0.5, 0.6) is 0 Å². The Bertz CT molecular complexity index is 899. The molecule has 0 saturated carbocycles. The van der Waals surface area contributed by atoms with Crippen LogP contribution in [0.2, 0.25) is 0 Å². The van der Waals surface area contributed by atoms with Crippen molar-refractivity contribution in [3.63, 3.8) is 0 Å². The van der Waals surface area contributed by atoms with E-state index in [0.29, 0.717) is 5.69 Å². The van der Waals surface area contributed by atoms with Gasteiger partial charge in [0.15, 0.2) is 0 Å². The van der Waals surface area contributed by atoms with Gasteiger partial charge in [0.2, 0.25) is 5.95 Å². The van der Waals surface area contributed by atoms with Crippen LogP contribution in [0.3, 0.4) is 0 Å². The van der Waals surface area contributed by atoms with Gasteiger partial charge < -0.3 is 10.6 Å².